The summed E-state index contributed by atoms with van der Waals surface area (Å²) in [6, 6.07) is 3.82. The van der Waals surface area contributed by atoms with Crippen molar-refractivity contribution in [1.82, 2.24) is 10.3 Å². The van der Waals surface area contributed by atoms with Crippen molar-refractivity contribution >= 4 is 5.97 Å². The molecule has 0 spiro atoms. The van der Waals surface area contributed by atoms with Crippen molar-refractivity contribution in [2.75, 3.05) is 20.2 Å². The van der Waals surface area contributed by atoms with Gasteiger partial charge >= 0.3 is 5.97 Å². The summed E-state index contributed by atoms with van der Waals surface area (Å²) in [5.41, 5.74) is 1.07. The lowest BCUT2D eigenvalue weighted by Gasteiger charge is -2.03. The van der Waals surface area contributed by atoms with Gasteiger partial charge in [0.05, 0.1) is 13.2 Å². The van der Waals surface area contributed by atoms with Crippen LogP contribution in [-0.2, 0) is 16.0 Å². The normalized spacial score (nSPS) is 9.79. The molecular weight excluding hydrogens is 180 g/mol. The molecule has 14 heavy (non-hydrogen) atoms. The number of ether oxygens (including phenoxy) is 1. The zero-order valence-corrected chi connectivity index (χ0v) is 8.19. The largest absolute Gasteiger partial charge is 0.464 e. The van der Waals surface area contributed by atoms with Crippen LogP contribution in [0.2, 0.25) is 0 Å². The molecule has 0 saturated heterocycles. The molecule has 1 aromatic heterocycles. The maximum Gasteiger partial charge on any atom is 0.319 e. The van der Waals surface area contributed by atoms with Gasteiger partial charge in [-0.15, -0.1) is 0 Å². The zero-order chi connectivity index (χ0) is 10.2. The molecule has 1 N–H and O–H groups in total. The van der Waals surface area contributed by atoms with Crippen molar-refractivity contribution in [2.24, 2.45) is 0 Å². The molecule has 0 atom stereocenters. The number of rotatable bonds is 5. The molecule has 1 aromatic rings. The van der Waals surface area contributed by atoms with E-state index in [1.54, 1.807) is 19.4 Å². The van der Waals surface area contributed by atoms with Crippen LogP contribution >= 0.6 is 0 Å². The van der Waals surface area contributed by atoms with Crippen LogP contribution in [0.3, 0.4) is 0 Å². The first kappa shape index (κ1) is 10.7. The van der Waals surface area contributed by atoms with E-state index in [-0.39, 0.29) is 12.5 Å². The lowest BCUT2D eigenvalue weighted by Crippen LogP contribution is -2.21. The summed E-state index contributed by atoms with van der Waals surface area (Å²) in [5.74, 6) is -0.226. The van der Waals surface area contributed by atoms with Gasteiger partial charge < -0.3 is 10.1 Å². The van der Waals surface area contributed by atoms with Gasteiger partial charge in [-0.25, -0.2) is 0 Å². The van der Waals surface area contributed by atoms with Gasteiger partial charge in [0.25, 0.3) is 0 Å². The highest BCUT2D eigenvalue weighted by Gasteiger charge is 1.99. The molecule has 0 aliphatic heterocycles. The molecule has 0 aliphatic rings. The summed E-state index contributed by atoms with van der Waals surface area (Å²) in [5, 5.41) is 2.73. The van der Waals surface area contributed by atoms with Crippen LogP contribution in [0, 0.1) is 0 Å². The molecule has 1 rings (SSSR count). The molecule has 4 nitrogen and oxygen atoms in total. The van der Waals surface area contributed by atoms with E-state index in [0.29, 0.717) is 13.0 Å². The SMILES string of the molecule is CNCC(=O)OCCc1cccnc1. The van der Waals surface area contributed by atoms with Gasteiger partial charge in [0.2, 0.25) is 0 Å². The molecule has 0 amide bonds. The van der Waals surface area contributed by atoms with E-state index >= 15 is 0 Å². The molecular formula is C10H14N2O2. The molecule has 0 fully saturated rings. The monoisotopic (exact) mass is 194 g/mol. The molecule has 0 bridgehead atoms. The first-order valence-corrected chi connectivity index (χ1v) is 4.52. The van der Waals surface area contributed by atoms with E-state index in [1.165, 1.54) is 0 Å². The number of esters is 1. The molecule has 0 unspecified atom stereocenters. The van der Waals surface area contributed by atoms with Crippen molar-refractivity contribution in [3.63, 3.8) is 0 Å². The average molecular weight is 194 g/mol. The van der Waals surface area contributed by atoms with E-state index < -0.39 is 0 Å². The Morgan fingerprint density at radius 1 is 1.64 bits per heavy atom. The van der Waals surface area contributed by atoms with E-state index in [1.807, 2.05) is 12.1 Å². The van der Waals surface area contributed by atoms with Crippen LogP contribution in [0.25, 0.3) is 0 Å². The number of carbonyl (C=O) groups excluding carboxylic acids is 1. The number of aromatic nitrogens is 1. The topological polar surface area (TPSA) is 51.2 Å². The van der Waals surface area contributed by atoms with Gasteiger partial charge in [0, 0.05) is 18.8 Å². The Kier molecular flexibility index (Phi) is 4.64. The minimum atomic E-state index is -0.226. The smallest absolute Gasteiger partial charge is 0.319 e. The predicted molar refractivity (Wildman–Crippen MR) is 52.8 cm³/mol. The standard InChI is InChI=1S/C10H14N2O2/c1-11-8-10(13)14-6-4-9-3-2-5-12-7-9/h2-3,5,7,11H,4,6,8H2,1H3. The van der Waals surface area contributed by atoms with Crippen molar-refractivity contribution in [2.45, 2.75) is 6.42 Å². The summed E-state index contributed by atoms with van der Waals surface area (Å²) in [6.45, 7) is 0.666. The third-order valence-corrected chi connectivity index (χ3v) is 1.70. The number of hydrogen-bond donors (Lipinski definition) is 1. The van der Waals surface area contributed by atoms with Crippen LogP contribution in [-0.4, -0.2) is 31.2 Å². The average Bonchev–Trinajstić information content (AvgIpc) is 2.20. The summed E-state index contributed by atoms with van der Waals surface area (Å²) in [4.78, 5) is 14.9. The maximum absolute atomic E-state index is 10.9. The van der Waals surface area contributed by atoms with E-state index in [9.17, 15) is 4.79 Å². The fourth-order valence-electron chi connectivity index (χ4n) is 1.02. The first-order valence-electron chi connectivity index (χ1n) is 4.52. The minimum absolute atomic E-state index is 0.226. The number of nitrogens with zero attached hydrogens (tertiary/aromatic N) is 1. The van der Waals surface area contributed by atoms with Crippen molar-refractivity contribution in [3.05, 3.63) is 30.1 Å². The predicted octanol–water partition coefficient (Wildman–Crippen LogP) is 0.387. The lowest BCUT2D eigenvalue weighted by atomic mass is 10.2. The van der Waals surface area contributed by atoms with Crippen LogP contribution in [0.15, 0.2) is 24.5 Å². The molecule has 1 heterocycles. The van der Waals surface area contributed by atoms with Crippen LogP contribution < -0.4 is 5.32 Å². The quantitative estimate of drug-likeness (QED) is 0.689. The Bertz CT molecular complexity index is 275. The van der Waals surface area contributed by atoms with Crippen LogP contribution in [0.4, 0.5) is 0 Å². The second-order valence-electron chi connectivity index (χ2n) is 2.86. The fraction of sp³-hybridized carbons (Fsp3) is 0.400. The summed E-state index contributed by atoms with van der Waals surface area (Å²) >= 11 is 0. The molecule has 4 heteroatoms. The molecule has 0 aromatic carbocycles. The van der Waals surface area contributed by atoms with Gasteiger partial charge in [0.1, 0.15) is 0 Å². The molecule has 0 radical (unpaired) electrons. The Labute approximate surface area is 83.3 Å². The zero-order valence-electron chi connectivity index (χ0n) is 8.19. The highest BCUT2D eigenvalue weighted by molar-refractivity contribution is 5.71. The number of likely N-dealkylation sites (N-methyl/N-ethyl adjacent to an activating group) is 1. The van der Waals surface area contributed by atoms with Gasteiger partial charge in [-0.05, 0) is 18.7 Å². The number of nitrogens with one attached hydrogen (secondary N) is 1. The summed E-state index contributed by atoms with van der Waals surface area (Å²) in [6.07, 6.45) is 4.20. The van der Waals surface area contributed by atoms with Crippen LogP contribution in [0.5, 0.6) is 0 Å². The highest BCUT2D eigenvalue weighted by Crippen LogP contribution is 1.96. The second kappa shape index (κ2) is 6.10. The number of pyridine rings is 1. The number of hydrogen-bond acceptors (Lipinski definition) is 4. The molecule has 76 valence electrons. The third kappa shape index (κ3) is 4.00. The Morgan fingerprint density at radius 2 is 2.50 bits per heavy atom. The summed E-state index contributed by atoms with van der Waals surface area (Å²) < 4.78 is 4.96. The fourth-order valence-corrected chi connectivity index (χ4v) is 1.02. The van der Waals surface area contributed by atoms with Gasteiger partial charge in [-0.2, -0.15) is 0 Å². The maximum atomic E-state index is 10.9. The first-order chi connectivity index (χ1) is 6.83. The molecule has 0 aliphatic carbocycles. The Hall–Kier alpha value is -1.42. The van der Waals surface area contributed by atoms with Crippen molar-refractivity contribution in [1.29, 1.82) is 0 Å². The van der Waals surface area contributed by atoms with Crippen molar-refractivity contribution in [3.8, 4) is 0 Å². The van der Waals surface area contributed by atoms with E-state index in [2.05, 4.69) is 10.3 Å². The van der Waals surface area contributed by atoms with E-state index in [4.69, 9.17) is 4.74 Å². The lowest BCUT2D eigenvalue weighted by molar-refractivity contribution is -0.142. The van der Waals surface area contributed by atoms with Crippen molar-refractivity contribution < 1.29 is 9.53 Å². The summed E-state index contributed by atoms with van der Waals surface area (Å²) in [7, 11) is 1.71. The highest BCUT2D eigenvalue weighted by atomic mass is 16.5. The van der Waals surface area contributed by atoms with Gasteiger partial charge in [-0.1, -0.05) is 6.07 Å². The van der Waals surface area contributed by atoms with Gasteiger partial charge in [-0.3, -0.25) is 9.78 Å². The van der Waals surface area contributed by atoms with Gasteiger partial charge in [0.15, 0.2) is 0 Å². The van der Waals surface area contributed by atoms with E-state index in [0.717, 1.165) is 5.56 Å². The van der Waals surface area contributed by atoms with Crippen LogP contribution in [0.1, 0.15) is 5.56 Å². The molecule has 0 saturated carbocycles. The second-order valence-corrected chi connectivity index (χ2v) is 2.86. The third-order valence-electron chi connectivity index (χ3n) is 1.70. The number of carbonyl (C=O) groups is 1. The Balaban J connectivity index is 2.19. The minimum Gasteiger partial charge on any atom is -0.464 e. The Morgan fingerprint density at radius 3 is 3.14 bits per heavy atom.